The summed E-state index contributed by atoms with van der Waals surface area (Å²) in [5, 5.41) is 0. The third kappa shape index (κ3) is 3.15. The number of nitrogens with one attached hydrogen (secondary N) is 2. The Morgan fingerprint density at radius 3 is 2.70 bits per heavy atom. The highest BCUT2D eigenvalue weighted by Crippen LogP contribution is 2.25. The van der Waals surface area contributed by atoms with Crippen LogP contribution >= 0.6 is 11.3 Å². The van der Waals surface area contributed by atoms with Gasteiger partial charge in [0.05, 0.1) is 11.7 Å². The van der Waals surface area contributed by atoms with Crippen molar-refractivity contribution in [2.45, 2.75) is 24.8 Å². The minimum atomic E-state index is -3.69. The van der Waals surface area contributed by atoms with Gasteiger partial charge in [0.25, 0.3) is 0 Å². The third-order valence-electron chi connectivity index (χ3n) is 2.75. The maximum atomic E-state index is 12.4. The molecule has 0 amide bonds. The minimum Gasteiger partial charge on any atom is -0.323 e. The van der Waals surface area contributed by atoms with E-state index in [0.717, 1.165) is 9.75 Å². The Morgan fingerprint density at radius 1 is 1.35 bits per heavy atom. The Labute approximate surface area is 122 Å². The highest BCUT2D eigenvalue weighted by Gasteiger charge is 2.22. The van der Waals surface area contributed by atoms with Gasteiger partial charge in [0.2, 0.25) is 10.0 Å². The number of rotatable bonds is 5. The van der Waals surface area contributed by atoms with E-state index in [0.29, 0.717) is 5.69 Å². The fourth-order valence-corrected chi connectivity index (χ4v) is 4.04. The molecule has 0 aliphatic rings. The fraction of sp³-hybridized carbons (Fsp3) is 0.250. The molecule has 0 spiro atoms. The first kappa shape index (κ1) is 14.9. The maximum absolute atomic E-state index is 12.4. The van der Waals surface area contributed by atoms with Gasteiger partial charge in [-0.2, -0.15) is 0 Å². The summed E-state index contributed by atoms with van der Waals surface area (Å²) in [7, 11) is -3.69. The van der Waals surface area contributed by atoms with Crippen LogP contribution in [0.25, 0.3) is 0 Å². The zero-order valence-electron chi connectivity index (χ0n) is 11.1. The van der Waals surface area contributed by atoms with Crippen LogP contribution in [0.2, 0.25) is 0 Å². The molecular formula is C12H16N4O2S2. The summed E-state index contributed by atoms with van der Waals surface area (Å²) in [6.45, 7) is 3.78. The minimum absolute atomic E-state index is 0.0302. The van der Waals surface area contributed by atoms with E-state index in [1.54, 1.807) is 18.3 Å². The van der Waals surface area contributed by atoms with Gasteiger partial charge in [-0.15, -0.1) is 11.3 Å². The van der Waals surface area contributed by atoms with E-state index in [1.807, 2.05) is 19.1 Å². The molecular weight excluding hydrogens is 296 g/mol. The second kappa shape index (κ2) is 5.88. The molecule has 0 aromatic carbocycles. The molecule has 0 bridgehead atoms. The molecule has 6 nitrogen and oxygen atoms in total. The maximum Gasteiger partial charge on any atom is 0.244 e. The van der Waals surface area contributed by atoms with E-state index in [2.05, 4.69) is 15.1 Å². The predicted octanol–water partition coefficient (Wildman–Crippen LogP) is 1.78. The Kier molecular flexibility index (Phi) is 4.39. The Hall–Kier alpha value is -1.48. The van der Waals surface area contributed by atoms with Gasteiger partial charge >= 0.3 is 0 Å². The average molecular weight is 312 g/mol. The lowest BCUT2D eigenvalue weighted by Gasteiger charge is -2.14. The van der Waals surface area contributed by atoms with E-state index in [9.17, 15) is 8.42 Å². The number of thiophene rings is 1. The highest BCUT2D eigenvalue weighted by atomic mass is 32.2. The fourth-order valence-electron chi connectivity index (χ4n) is 1.75. The molecule has 1 atom stereocenters. The number of anilines is 1. The molecule has 0 saturated carbocycles. The van der Waals surface area contributed by atoms with E-state index >= 15 is 0 Å². The number of nitrogens with two attached hydrogens (primary N) is 1. The standard InChI is InChI=1S/C12H16N4O2S2/c1-8-3-4-11(19-8)9(2)16-20(17,18)12-7-14-6-5-10(12)15-13/h3-7,9,16H,13H2,1-2H3,(H,14,15). The van der Waals surface area contributed by atoms with Crippen molar-refractivity contribution in [1.82, 2.24) is 9.71 Å². The van der Waals surface area contributed by atoms with Crippen LogP contribution in [0.15, 0.2) is 35.5 Å². The number of sulfonamides is 1. The van der Waals surface area contributed by atoms with Crippen LogP contribution in [0.4, 0.5) is 5.69 Å². The molecule has 0 aliphatic carbocycles. The monoisotopic (exact) mass is 312 g/mol. The summed E-state index contributed by atoms with van der Waals surface area (Å²) in [4.78, 5) is 5.95. The number of nitrogens with zero attached hydrogens (tertiary/aromatic N) is 1. The van der Waals surface area contributed by atoms with Crippen molar-refractivity contribution in [2.75, 3.05) is 5.43 Å². The first-order valence-corrected chi connectivity index (χ1v) is 8.23. The highest BCUT2D eigenvalue weighted by molar-refractivity contribution is 7.89. The number of aromatic nitrogens is 1. The first-order chi connectivity index (χ1) is 9.44. The van der Waals surface area contributed by atoms with E-state index in [-0.39, 0.29) is 10.9 Å². The molecule has 2 aromatic rings. The summed E-state index contributed by atoms with van der Waals surface area (Å²) in [5.41, 5.74) is 2.67. The molecule has 1 unspecified atom stereocenters. The molecule has 2 rings (SSSR count). The molecule has 0 fully saturated rings. The van der Waals surface area contributed by atoms with E-state index < -0.39 is 10.0 Å². The van der Waals surface area contributed by atoms with Crippen molar-refractivity contribution in [1.29, 1.82) is 0 Å². The van der Waals surface area contributed by atoms with Crippen LogP contribution in [-0.2, 0) is 10.0 Å². The molecule has 2 heterocycles. The Morgan fingerprint density at radius 2 is 2.10 bits per heavy atom. The van der Waals surface area contributed by atoms with Crippen molar-refractivity contribution >= 4 is 27.0 Å². The third-order valence-corrected chi connectivity index (χ3v) is 5.50. The van der Waals surface area contributed by atoms with Gasteiger partial charge in [-0.25, -0.2) is 13.1 Å². The zero-order valence-corrected chi connectivity index (χ0v) is 12.8. The number of pyridine rings is 1. The van der Waals surface area contributed by atoms with Gasteiger partial charge < -0.3 is 5.43 Å². The van der Waals surface area contributed by atoms with E-state index in [4.69, 9.17) is 5.84 Å². The summed E-state index contributed by atoms with van der Waals surface area (Å²) >= 11 is 1.56. The predicted molar refractivity (Wildman–Crippen MR) is 79.8 cm³/mol. The van der Waals surface area contributed by atoms with Crippen molar-refractivity contribution in [3.05, 3.63) is 40.3 Å². The van der Waals surface area contributed by atoms with Crippen LogP contribution in [-0.4, -0.2) is 13.4 Å². The van der Waals surface area contributed by atoms with Gasteiger partial charge in [-0.3, -0.25) is 10.8 Å². The average Bonchev–Trinajstić information content (AvgIpc) is 2.85. The quantitative estimate of drug-likeness (QED) is 0.577. The largest absolute Gasteiger partial charge is 0.323 e. The lowest BCUT2D eigenvalue weighted by molar-refractivity contribution is 0.568. The summed E-state index contributed by atoms with van der Waals surface area (Å²) in [6.07, 6.45) is 2.74. The van der Waals surface area contributed by atoms with Crippen molar-refractivity contribution in [2.24, 2.45) is 5.84 Å². The summed E-state index contributed by atoms with van der Waals surface area (Å²) < 4.78 is 27.3. The summed E-state index contributed by atoms with van der Waals surface area (Å²) in [6, 6.07) is 5.07. The van der Waals surface area contributed by atoms with Crippen molar-refractivity contribution in [3.63, 3.8) is 0 Å². The van der Waals surface area contributed by atoms with Gasteiger partial charge in [0, 0.05) is 22.1 Å². The molecule has 20 heavy (non-hydrogen) atoms. The van der Waals surface area contributed by atoms with Gasteiger partial charge in [-0.1, -0.05) is 0 Å². The Balaban J connectivity index is 2.27. The normalized spacial score (nSPS) is 13.2. The van der Waals surface area contributed by atoms with Crippen LogP contribution in [0.5, 0.6) is 0 Å². The molecule has 0 aliphatic heterocycles. The molecule has 108 valence electrons. The SMILES string of the molecule is Cc1ccc(C(C)NS(=O)(=O)c2cnccc2NN)s1. The van der Waals surface area contributed by atoms with Gasteiger partial charge in [-0.05, 0) is 32.0 Å². The number of aryl methyl sites for hydroxylation is 1. The molecule has 8 heteroatoms. The van der Waals surface area contributed by atoms with Crippen molar-refractivity contribution < 1.29 is 8.42 Å². The van der Waals surface area contributed by atoms with Gasteiger partial charge in [0.15, 0.2) is 0 Å². The van der Waals surface area contributed by atoms with Crippen molar-refractivity contribution in [3.8, 4) is 0 Å². The van der Waals surface area contributed by atoms with Gasteiger partial charge in [0.1, 0.15) is 4.90 Å². The van der Waals surface area contributed by atoms with Crippen LogP contribution in [0, 0.1) is 6.92 Å². The number of hydrogen-bond donors (Lipinski definition) is 3. The zero-order chi connectivity index (χ0) is 14.8. The number of nitrogen functional groups attached to an aromatic ring is 1. The second-order valence-corrected chi connectivity index (χ2v) is 7.31. The number of hydrogen-bond acceptors (Lipinski definition) is 6. The van der Waals surface area contributed by atoms with Crippen LogP contribution in [0.3, 0.4) is 0 Å². The topological polar surface area (TPSA) is 97.1 Å². The first-order valence-electron chi connectivity index (χ1n) is 5.93. The molecule has 0 saturated heterocycles. The van der Waals surface area contributed by atoms with Crippen LogP contribution < -0.4 is 16.0 Å². The lowest BCUT2D eigenvalue weighted by Crippen LogP contribution is -2.27. The molecule has 2 aromatic heterocycles. The molecule has 0 radical (unpaired) electrons. The number of hydrazine groups is 1. The van der Waals surface area contributed by atoms with Crippen LogP contribution in [0.1, 0.15) is 22.7 Å². The smallest absolute Gasteiger partial charge is 0.244 e. The van der Waals surface area contributed by atoms with E-state index in [1.165, 1.54) is 18.5 Å². The molecule has 4 N–H and O–H groups in total. The second-order valence-electron chi connectivity index (χ2n) is 4.31. The summed E-state index contributed by atoms with van der Waals surface area (Å²) in [5.74, 6) is 5.32. The Bertz CT molecular complexity index is 697. The lowest BCUT2D eigenvalue weighted by atomic mass is 10.3.